The number of hydrogen-bond acceptors (Lipinski definition) is 3. The second-order valence-electron chi connectivity index (χ2n) is 9.35. The minimum atomic E-state index is 0.103. The average molecular weight is 567 g/mol. The van der Waals surface area contributed by atoms with Crippen LogP contribution in [0.5, 0.6) is 0 Å². The van der Waals surface area contributed by atoms with Crippen LogP contribution in [0.3, 0.4) is 0 Å². The number of rotatable bonds is 4. The normalized spacial score (nSPS) is 15.4. The van der Waals surface area contributed by atoms with E-state index in [0.717, 1.165) is 28.7 Å². The summed E-state index contributed by atoms with van der Waals surface area (Å²) in [6.07, 6.45) is 4.85. The maximum absolute atomic E-state index is 12.1. The van der Waals surface area contributed by atoms with Gasteiger partial charge in [-0.3, -0.25) is 9.59 Å². The highest BCUT2D eigenvalue weighted by Gasteiger charge is 2.27. The Hall–Kier alpha value is -2.61. The molecule has 4 aromatic rings. The Bertz CT molecular complexity index is 1400. The first-order valence-electron chi connectivity index (χ1n) is 12.2. The first-order valence-corrected chi connectivity index (χ1v) is 13.2. The van der Waals surface area contributed by atoms with Gasteiger partial charge in [0.15, 0.2) is 0 Å². The number of nitrogen functional groups attached to an aromatic ring is 1. The van der Waals surface area contributed by atoms with Gasteiger partial charge in [-0.1, -0.05) is 0 Å². The van der Waals surface area contributed by atoms with Crippen molar-refractivity contribution in [2.75, 3.05) is 5.73 Å². The predicted octanol–water partition coefficient (Wildman–Crippen LogP) is 5.98. The van der Waals surface area contributed by atoms with E-state index in [9.17, 15) is 9.59 Å². The van der Waals surface area contributed by atoms with Gasteiger partial charge in [0.25, 0.3) is 11.1 Å². The molecule has 0 saturated heterocycles. The molecule has 34 heavy (non-hydrogen) atoms. The van der Waals surface area contributed by atoms with Crippen molar-refractivity contribution in [1.29, 1.82) is 0 Å². The van der Waals surface area contributed by atoms with Gasteiger partial charge in [-0.05, 0) is 121 Å². The van der Waals surface area contributed by atoms with Crippen molar-refractivity contribution >= 4 is 50.1 Å². The fourth-order valence-corrected chi connectivity index (χ4v) is 5.42. The van der Waals surface area contributed by atoms with E-state index in [1.807, 2.05) is 42.7 Å². The van der Waals surface area contributed by atoms with Gasteiger partial charge < -0.3 is 14.9 Å². The lowest BCUT2D eigenvalue weighted by Crippen LogP contribution is -2.19. The molecule has 2 saturated carbocycles. The Labute approximate surface area is 212 Å². The Morgan fingerprint density at radius 1 is 0.765 bits per heavy atom. The summed E-state index contributed by atoms with van der Waals surface area (Å²) in [5, 5.41) is 2.41. The van der Waals surface area contributed by atoms with Gasteiger partial charge in [0.2, 0.25) is 0 Å². The third-order valence-corrected chi connectivity index (χ3v) is 7.61. The summed E-state index contributed by atoms with van der Waals surface area (Å²) in [4.78, 5) is 24.1. The van der Waals surface area contributed by atoms with Crippen LogP contribution in [0.4, 0.5) is 5.69 Å². The van der Waals surface area contributed by atoms with E-state index in [0.29, 0.717) is 18.4 Å². The van der Waals surface area contributed by atoms with Crippen LogP contribution in [0.25, 0.3) is 21.8 Å². The monoisotopic (exact) mass is 567 g/mol. The summed E-state index contributed by atoms with van der Waals surface area (Å²) < 4.78 is 4.90. The highest BCUT2D eigenvalue weighted by Crippen LogP contribution is 2.43. The third-order valence-electron chi connectivity index (χ3n) is 6.94. The summed E-state index contributed by atoms with van der Waals surface area (Å²) in [6, 6.07) is 15.8. The van der Waals surface area contributed by atoms with Crippen molar-refractivity contribution < 1.29 is 0 Å². The van der Waals surface area contributed by atoms with Crippen molar-refractivity contribution in [1.82, 2.24) is 9.13 Å². The molecule has 0 bridgehead atoms. The van der Waals surface area contributed by atoms with Gasteiger partial charge in [-0.25, -0.2) is 0 Å². The van der Waals surface area contributed by atoms with E-state index < -0.39 is 0 Å². The van der Waals surface area contributed by atoms with Crippen LogP contribution in [0, 0.1) is 3.57 Å². The van der Waals surface area contributed by atoms with E-state index in [1.54, 1.807) is 10.6 Å². The highest BCUT2D eigenvalue weighted by molar-refractivity contribution is 14.1. The van der Waals surface area contributed by atoms with Crippen molar-refractivity contribution in [2.45, 2.75) is 64.5 Å². The number of hydrogen-bond donors (Lipinski definition) is 1. The number of fused-ring (bicyclic) bond motifs is 2. The Kier molecular flexibility index (Phi) is 6.27. The molecule has 2 aromatic heterocycles. The maximum atomic E-state index is 12.1. The molecule has 6 rings (SSSR count). The van der Waals surface area contributed by atoms with Crippen LogP contribution in [-0.2, 0) is 13.1 Å². The van der Waals surface area contributed by atoms with E-state index in [4.69, 9.17) is 5.73 Å². The Morgan fingerprint density at radius 2 is 1.24 bits per heavy atom. The fraction of sp³-hybridized carbons (Fsp3) is 0.357. The van der Waals surface area contributed by atoms with Gasteiger partial charge in [0.1, 0.15) is 0 Å². The molecule has 0 unspecified atom stereocenters. The summed E-state index contributed by atoms with van der Waals surface area (Å²) in [5.74, 6) is 1.19. The lowest BCUT2D eigenvalue weighted by Gasteiger charge is -2.12. The van der Waals surface area contributed by atoms with Gasteiger partial charge in [-0.2, -0.15) is 0 Å². The molecule has 2 aliphatic rings. The van der Waals surface area contributed by atoms with Crippen LogP contribution in [-0.4, -0.2) is 9.13 Å². The predicted molar refractivity (Wildman–Crippen MR) is 149 cm³/mol. The van der Waals surface area contributed by atoms with Gasteiger partial charge in [0, 0.05) is 45.3 Å². The van der Waals surface area contributed by atoms with Crippen molar-refractivity contribution in [3.8, 4) is 0 Å². The van der Waals surface area contributed by atoms with Crippen LogP contribution in [0.2, 0.25) is 0 Å². The number of anilines is 1. The number of nitrogens with two attached hydrogens (primary N) is 1. The Balaban J connectivity index is 0.000000142. The molecule has 0 atom stereocenters. The van der Waals surface area contributed by atoms with Crippen LogP contribution in [0.1, 0.15) is 62.5 Å². The molecule has 2 heterocycles. The molecule has 6 heteroatoms. The lowest BCUT2D eigenvalue weighted by atomic mass is 10.0. The SMILES string of the molecule is CCn1c(=O)cc(C2CC2)c2cc(I)ccc21.CCn1c(=O)cc(C2CC2)c2cc(N)ccc21. The molecule has 0 amide bonds. The van der Waals surface area contributed by atoms with Crippen molar-refractivity contribution in [3.63, 3.8) is 0 Å². The second kappa shape index (κ2) is 9.21. The van der Waals surface area contributed by atoms with Gasteiger partial charge in [-0.15, -0.1) is 0 Å². The number of aryl methyl sites for hydroxylation is 2. The van der Waals surface area contributed by atoms with E-state index in [-0.39, 0.29) is 11.1 Å². The first kappa shape index (κ1) is 23.1. The van der Waals surface area contributed by atoms with Crippen molar-refractivity contribution in [3.05, 3.63) is 83.9 Å². The molecule has 0 radical (unpaired) electrons. The molecular weight excluding hydrogens is 537 g/mol. The van der Waals surface area contributed by atoms with Gasteiger partial charge in [0.05, 0.1) is 11.0 Å². The smallest absolute Gasteiger partial charge is 0.251 e. The first-order chi connectivity index (χ1) is 16.4. The summed E-state index contributed by atoms with van der Waals surface area (Å²) in [7, 11) is 0. The fourth-order valence-electron chi connectivity index (χ4n) is 4.93. The van der Waals surface area contributed by atoms with Crippen LogP contribution < -0.4 is 16.9 Å². The molecular formula is C28H30IN3O2. The zero-order valence-corrected chi connectivity index (χ0v) is 21.8. The number of pyridine rings is 2. The van der Waals surface area contributed by atoms with E-state index in [1.165, 1.54) is 45.8 Å². The second-order valence-corrected chi connectivity index (χ2v) is 10.6. The quantitative estimate of drug-likeness (QED) is 0.244. The summed E-state index contributed by atoms with van der Waals surface area (Å²) in [6.45, 7) is 5.45. The molecule has 2 aliphatic carbocycles. The lowest BCUT2D eigenvalue weighted by molar-refractivity contribution is 0.757. The minimum absolute atomic E-state index is 0.103. The van der Waals surface area contributed by atoms with Crippen LogP contribution in [0.15, 0.2) is 58.1 Å². The number of nitrogens with zero attached hydrogens (tertiary/aromatic N) is 2. The topological polar surface area (TPSA) is 70.0 Å². The van der Waals surface area contributed by atoms with Crippen LogP contribution >= 0.6 is 22.6 Å². The zero-order valence-electron chi connectivity index (χ0n) is 19.7. The highest BCUT2D eigenvalue weighted by atomic mass is 127. The Morgan fingerprint density at radius 3 is 1.71 bits per heavy atom. The summed E-state index contributed by atoms with van der Waals surface area (Å²) in [5.41, 5.74) is 11.4. The van der Waals surface area contributed by atoms with Crippen molar-refractivity contribution in [2.24, 2.45) is 0 Å². The molecule has 2 N–H and O–H groups in total. The largest absolute Gasteiger partial charge is 0.399 e. The van der Waals surface area contributed by atoms with Gasteiger partial charge >= 0.3 is 0 Å². The third kappa shape index (κ3) is 4.40. The molecule has 0 spiro atoms. The number of halogens is 1. The minimum Gasteiger partial charge on any atom is -0.399 e. The maximum Gasteiger partial charge on any atom is 0.251 e. The number of benzene rings is 2. The zero-order chi connectivity index (χ0) is 24.0. The standard InChI is InChI=1S/C14H14INO.C14H16N2O/c2*1-2-16-13-6-5-10(15)7-12(13)11(8-14(16)17)9-3-4-9/h5-9H,2-4H2,1H3;5-9H,2-4,15H2,1H3. The summed E-state index contributed by atoms with van der Waals surface area (Å²) >= 11 is 2.33. The molecule has 2 aromatic carbocycles. The molecule has 5 nitrogen and oxygen atoms in total. The number of aromatic nitrogens is 2. The molecule has 2 fully saturated rings. The average Bonchev–Trinajstić information content (AvgIpc) is 3.72. The van der Waals surface area contributed by atoms with E-state index in [2.05, 4.69) is 40.8 Å². The molecule has 176 valence electrons. The molecule has 0 aliphatic heterocycles. The van der Waals surface area contributed by atoms with E-state index >= 15 is 0 Å².